The lowest BCUT2D eigenvalue weighted by molar-refractivity contribution is -0.139. The number of carboxylic acids is 1. The van der Waals surface area contributed by atoms with Gasteiger partial charge in [0.25, 0.3) is 0 Å². The van der Waals surface area contributed by atoms with Gasteiger partial charge in [-0.25, -0.2) is 13.2 Å². The molecule has 0 radical (unpaired) electrons. The van der Waals surface area contributed by atoms with Crippen molar-refractivity contribution in [2.24, 2.45) is 0 Å². The fourth-order valence-electron chi connectivity index (χ4n) is 3.50. The highest BCUT2D eigenvalue weighted by Gasteiger charge is 2.29. The first-order chi connectivity index (χ1) is 15.6. The zero-order valence-electron chi connectivity index (χ0n) is 18.6. The minimum atomic E-state index is -3.68. The topological polar surface area (TPSA) is 83.9 Å². The molecule has 0 atom stereocenters. The maximum Gasteiger partial charge on any atom is 0.341 e. The van der Waals surface area contributed by atoms with E-state index in [4.69, 9.17) is 21.4 Å². The van der Waals surface area contributed by atoms with Crippen molar-refractivity contribution in [3.63, 3.8) is 0 Å². The molecular formula is C23H26ClNO5S3. The van der Waals surface area contributed by atoms with Gasteiger partial charge in [0.1, 0.15) is 10.6 Å². The minimum absolute atomic E-state index is 0.347. The predicted molar refractivity (Wildman–Crippen MR) is 136 cm³/mol. The Kier molecular flexibility index (Phi) is 8.69. The lowest BCUT2D eigenvalue weighted by Crippen LogP contribution is -2.34. The Morgan fingerprint density at radius 3 is 2.61 bits per heavy atom. The molecule has 0 saturated carbocycles. The summed E-state index contributed by atoms with van der Waals surface area (Å²) in [6.45, 7) is 6.06. The zero-order chi connectivity index (χ0) is 24.2. The summed E-state index contributed by atoms with van der Waals surface area (Å²) in [4.78, 5) is 12.8. The first kappa shape index (κ1) is 25.8. The minimum Gasteiger partial charge on any atom is -0.482 e. The van der Waals surface area contributed by atoms with Crippen LogP contribution in [0.15, 0.2) is 46.2 Å². The Hall–Kier alpha value is -1.78. The number of nitrogens with zero attached hydrogens (tertiary/aromatic N) is 1. The number of thioether (sulfide) groups is 1. The number of hydrogen-bond acceptors (Lipinski definition) is 6. The Morgan fingerprint density at radius 1 is 1.18 bits per heavy atom. The molecule has 3 rings (SSSR count). The number of thiophene rings is 1. The Morgan fingerprint density at radius 2 is 1.94 bits per heavy atom. The number of halogens is 1. The summed E-state index contributed by atoms with van der Waals surface area (Å²) >= 11 is 9.17. The molecule has 1 heterocycles. The number of carboxylic acid groups (broad SMARTS) is 1. The molecule has 0 amide bonds. The van der Waals surface area contributed by atoms with Gasteiger partial charge in [-0.3, -0.25) is 0 Å². The molecule has 0 aliphatic carbocycles. The van der Waals surface area contributed by atoms with Crippen LogP contribution in [0.1, 0.15) is 23.8 Å². The van der Waals surface area contributed by atoms with Crippen molar-refractivity contribution in [2.45, 2.75) is 37.0 Å². The molecule has 1 N–H and O–H groups in total. The molecule has 0 fully saturated rings. The highest BCUT2D eigenvalue weighted by Crippen LogP contribution is 2.37. The highest BCUT2D eigenvalue weighted by atomic mass is 35.5. The van der Waals surface area contributed by atoms with Gasteiger partial charge in [0, 0.05) is 43.7 Å². The van der Waals surface area contributed by atoms with Crippen LogP contribution in [0.5, 0.6) is 5.75 Å². The van der Waals surface area contributed by atoms with Crippen molar-refractivity contribution in [1.82, 2.24) is 4.31 Å². The molecule has 33 heavy (non-hydrogen) atoms. The number of hydrogen-bond donors (Lipinski definition) is 1. The largest absolute Gasteiger partial charge is 0.482 e. The Balaban J connectivity index is 1.75. The van der Waals surface area contributed by atoms with E-state index >= 15 is 0 Å². The maximum atomic E-state index is 13.6. The number of aryl methyl sites for hydroxylation is 2. The van der Waals surface area contributed by atoms with Crippen LogP contribution in [0.25, 0.3) is 10.1 Å². The highest BCUT2D eigenvalue weighted by molar-refractivity contribution is 7.99. The smallest absolute Gasteiger partial charge is 0.341 e. The average molecular weight is 528 g/mol. The van der Waals surface area contributed by atoms with Crippen LogP contribution in [0, 0.1) is 13.8 Å². The maximum absolute atomic E-state index is 13.6. The Labute approximate surface area is 207 Å². The van der Waals surface area contributed by atoms with E-state index in [0.717, 1.165) is 20.0 Å². The summed E-state index contributed by atoms with van der Waals surface area (Å²) in [5, 5.41) is 9.95. The molecule has 0 spiro atoms. The summed E-state index contributed by atoms with van der Waals surface area (Å²) in [6.07, 6.45) is 0.709. The van der Waals surface area contributed by atoms with Gasteiger partial charge in [0.05, 0.1) is 0 Å². The second-order valence-electron chi connectivity index (χ2n) is 7.49. The van der Waals surface area contributed by atoms with E-state index in [1.54, 1.807) is 34.3 Å². The summed E-state index contributed by atoms with van der Waals surface area (Å²) in [6, 6.07) is 10.9. The number of sulfonamides is 1. The van der Waals surface area contributed by atoms with Crippen molar-refractivity contribution in [3.8, 4) is 5.75 Å². The summed E-state index contributed by atoms with van der Waals surface area (Å²) in [5.41, 5.74) is 0.830. The van der Waals surface area contributed by atoms with Crippen molar-refractivity contribution in [3.05, 3.63) is 51.9 Å². The van der Waals surface area contributed by atoms with E-state index in [0.29, 0.717) is 46.3 Å². The standard InChI is InChI=1S/C23H26ClNO5S3/c1-4-9-25(10-11-31-18-6-7-20(15(2)12-18)30-14-22(26)27)33(28,29)23-16(3)32-21-8-5-17(24)13-19(21)23/h5-8,12-13H,4,9-11,14H2,1-3H3,(H,26,27). The van der Waals surface area contributed by atoms with Crippen LogP contribution in [0.4, 0.5) is 0 Å². The van der Waals surface area contributed by atoms with Gasteiger partial charge >= 0.3 is 5.97 Å². The molecule has 10 heteroatoms. The third-order valence-corrected chi connectivity index (χ3v) is 9.46. The quantitative estimate of drug-likeness (QED) is 0.316. The van der Waals surface area contributed by atoms with Gasteiger partial charge < -0.3 is 9.84 Å². The lowest BCUT2D eigenvalue weighted by Gasteiger charge is -2.22. The second kappa shape index (κ2) is 11.1. The third kappa shape index (κ3) is 6.22. The van der Waals surface area contributed by atoms with Crippen molar-refractivity contribution >= 4 is 60.8 Å². The third-order valence-electron chi connectivity index (χ3n) is 4.95. The first-order valence-corrected chi connectivity index (χ1v) is 14.0. The molecule has 6 nitrogen and oxygen atoms in total. The van der Waals surface area contributed by atoms with E-state index in [9.17, 15) is 13.2 Å². The molecule has 3 aromatic rings. The molecule has 0 saturated heterocycles. The number of benzene rings is 2. The molecule has 0 unspecified atom stereocenters. The normalized spacial score (nSPS) is 11.9. The number of rotatable bonds is 11. The average Bonchev–Trinajstić information content (AvgIpc) is 3.07. The zero-order valence-corrected chi connectivity index (χ0v) is 21.8. The van der Waals surface area contributed by atoms with E-state index in [-0.39, 0.29) is 6.61 Å². The summed E-state index contributed by atoms with van der Waals surface area (Å²) < 4.78 is 34.9. The van der Waals surface area contributed by atoms with Crippen LogP contribution in [-0.4, -0.2) is 49.2 Å². The van der Waals surface area contributed by atoms with Gasteiger partial charge in [-0.1, -0.05) is 18.5 Å². The molecule has 2 aromatic carbocycles. The van der Waals surface area contributed by atoms with Gasteiger partial charge in [0.2, 0.25) is 10.0 Å². The second-order valence-corrected chi connectivity index (χ2v) is 12.2. The van der Waals surface area contributed by atoms with Crippen molar-refractivity contribution in [2.75, 3.05) is 25.4 Å². The van der Waals surface area contributed by atoms with Crippen molar-refractivity contribution < 1.29 is 23.1 Å². The number of aliphatic carboxylic acids is 1. The SMILES string of the molecule is CCCN(CCSc1ccc(OCC(=O)O)c(C)c1)S(=O)(=O)c1c(C)sc2ccc(Cl)cc12. The number of ether oxygens (including phenoxy) is 1. The molecule has 1 aromatic heterocycles. The van der Waals surface area contributed by atoms with E-state index in [1.165, 1.54) is 11.3 Å². The summed E-state index contributed by atoms with van der Waals surface area (Å²) in [5.74, 6) is 0.0759. The fraction of sp³-hybridized carbons (Fsp3) is 0.348. The number of carbonyl (C=O) groups is 1. The summed E-state index contributed by atoms with van der Waals surface area (Å²) in [7, 11) is -3.68. The molecule has 0 aliphatic rings. The predicted octanol–water partition coefficient (Wildman–Crippen LogP) is 5.83. The Bertz CT molecular complexity index is 1260. The monoisotopic (exact) mass is 527 g/mol. The van der Waals surface area contributed by atoms with Crippen LogP contribution in [0.2, 0.25) is 5.02 Å². The molecular weight excluding hydrogens is 502 g/mol. The number of fused-ring (bicyclic) bond motifs is 1. The van der Waals surface area contributed by atoms with Gasteiger partial charge in [-0.2, -0.15) is 4.31 Å². The van der Waals surface area contributed by atoms with Gasteiger partial charge in [0.15, 0.2) is 6.61 Å². The lowest BCUT2D eigenvalue weighted by atomic mass is 10.2. The fourth-order valence-corrected chi connectivity index (χ4v) is 8.03. The van der Waals surface area contributed by atoms with E-state index in [2.05, 4.69) is 0 Å². The van der Waals surface area contributed by atoms with E-state index < -0.39 is 16.0 Å². The molecule has 0 bridgehead atoms. The van der Waals surface area contributed by atoms with Gasteiger partial charge in [-0.15, -0.1) is 23.1 Å². The first-order valence-electron chi connectivity index (χ1n) is 10.4. The van der Waals surface area contributed by atoms with Crippen molar-refractivity contribution in [1.29, 1.82) is 0 Å². The molecule has 178 valence electrons. The van der Waals surface area contributed by atoms with Crippen LogP contribution < -0.4 is 4.74 Å². The van der Waals surface area contributed by atoms with Crippen LogP contribution >= 0.6 is 34.7 Å². The van der Waals surface area contributed by atoms with Crippen LogP contribution in [0.3, 0.4) is 0 Å². The van der Waals surface area contributed by atoms with Gasteiger partial charge in [-0.05, 0) is 62.2 Å². The van der Waals surface area contributed by atoms with Crippen LogP contribution in [-0.2, 0) is 14.8 Å². The van der Waals surface area contributed by atoms with E-state index in [1.807, 2.05) is 39.0 Å². The molecule has 0 aliphatic heterocycles.